The molecular weight excluding hydrogens is 286 g/mol. The van der Waals surface area contributed by atoms with Crippen LogP contribution >= 0.6 is 15.9 Å². The normalized spacial score (nSPS) is 16.3. The molecule has 0 aliphatic carbocycles. The summed E-state index contributed by atoms with van der Waals surface area (Å²) in [6, 6.07) is 0. The molecule has 1 aromatic rings. The summed E-state index contributed by atoms with van der Waals surface area (Å²) in [4.78, 5) is 2.24. The zero-order chi connectivity index (χ0) is 12.3. The average molecular weight is 304 g/mol. The highest BCUT2D eigenvalue weighted by molar-refractivity contribution is 9.08. The van der Waals surface area contributed by atoms with Crippen molar-refractivity contribution in [2.45, 2.75) is 11.4 Å². The van der Waals surface area contributed by atoms with Gasteiger partial charge in [-0.1, -0.05) is 15.9 Å². The Labute approximate surface area is 110 Å². The van der Waals surface area contributed by atoms with E-state index in [9.17, 15) is 0 Å². The second-order valence-electron chi connectivity index (χ2n) is 4.18. The standard InChI is InChI=1S/C11H18BrN3O2/c1-14-6-9(5-12)11(13-14)15-7-10(8-15)17-4-3-16-2/h6,10H,3-5,7-8H2,1-2H3. The minimum Gasteiger partial charge on any atom is -0.382 e. The van der Waals surface area contributed by atoms with Crippen LogP contribution in [-0.4, -0.2) is 49.3 Å². The molecule has 0 radical (unpaired) electrons. The number of nitrogens with zero attached hydrogens (tertiary/aromatic N) is 3. The number of aryl methyl sites for hydroxylation is 1. The van der Waals surface area contributed by atoms with Crippen LogP contribution in [0.3, 0.4) is 0 Å². The van der Waals surface area contributed by atoms with Gasteiger partial charge < -0.3 is 14.4 Å². The second kappa shape index (κ2) is 5.84. The van der Waals surface area contributed by atoms with E-state index in [0.29, 0.717) is 19.3 Å². The summed E-state index contributed by atoms with van der Waals surface area (Å²) in [5.74, 6) is 1.07. The van der Waals surface area contributed by atoms with Crippen LogP contribution in [0.4, 0.5) is 5.82 Å². The molecule has 2 rings (SSSR count). The predicted molar refractivity (Wildman–Crippen MR) is 69.7 cm³/mol. The molecule has 17 heavy (non-hydrogen) atoms. The molecule has 1 aromatic heterocycles. The van der Waals surface area contributed by atoms with Gasteiger partial charge in [-0.3, -0.25) is 4.68 Å². The summed E-state index contributed by atoms with van der Waals surface area (Å²) in [5, 5.41) is 5.30. The van der Waals surface area contributed by atoms with Crippen molar-refractivity contribution >= 4 is 21.7 Å². The van der Waals surface area contributed by atoms with Crippen molar-refractivity contribution in [3.05, 3.63) is 11.8 Å². The van der Waals surface area contributed by atoms with Gasteiger partial charge in [-0.2, -0.15) is 5.10 Å². The molecule has 0 bridgehead atoms. The maximum Gasteiger partial charge on any atom is 0.154 e. The van der Waals surface area contributed by atoms with Gasteiger partial charge in [0.25, 0.3) is 0 Å². The first-order valence-corrected chi connectivity index (χ1v) is 6.80. The molecule has 0 aromatic carbocycles. The van der Waals surface area contributed by atoms with Gasteiger partial charge in [0, 0.05) is 44.3 Å². The lowest BCUT2D eigenvalue weighted by Crippen LogP contribution is -2.53. The van der Waals surface area contributed by atoms with Crippen LogP contribution in [0.5, 0.6) is 0 Å². The van der Waals surface area contributed by atoms with Crippen LogP contribution in [-0.2, 0) is 21.9 Å². The van der Waals surface area contributed by atoms with E-state index in [-0.39, 0.29) is 0 Å². The number of ether oxygens (including phenoxy) is 2. The van der Waals surface area contributed by atoms with Gasteiger partial charge in [-0.15, -0.1) is 0 Å². The molecule has 0 unspecified atom stereocenters. The van der Waals surface area contributed by atoms with E-state index in [1.54, 1.807) is 7.11 Å². The molecule has 0 amide bonds. The molecule has 1 aliphatic rings. The summed E-state index contributed by atoms with van der Waals surface area (Å²) >= 11 is 3.48. The Morgan fingerprint density at radius 3 is 2.88 bits per heavy atom. The zero-order valence-corrected chi connectivity index (χ0v) is 11.8. The highest BCUT2D eigenvalue weighted by Crippen LogP contribution is 2.26. The highest BCUT2D eigenvalue weighted by Gasteiger charge is 2.30. The number of hydrogen-bond donors (Lipinski definition) is 0. The molecule has 1 saturated heterocycles. The fourth-order valence-electron chi connectivity index (χ4n) is 1.90. The van der Waals surface area contributed by atoms with Gasteiger partial charge in [0.05, 0.1) is 19.3 Å². The Kier molecular flexibility index (Phi) is 4.42. The van der Waals surface area contributed by atoms with Gasteiger partial charge in [0.15, 0.2) is 5.82 Å². The van der Waals surface area contributed by atoms with Crippen LogP contribution in [0.15, 0.2) is 6.20 Å². The van der Waals surface area contributed by atoms with Crippen molar-refractivity contribution in [3.63, 3.8) is 0 Å². The van der Waals surface area contributed by atoms with Crippen molar-refractivity contribution in [2.75, 3.05) is 38.3 Å². The third-order valence-electron chi connectivity index (χ3n) is 2.81. The minimum absolute atomic E-state index is 0.315. The molecule has 6 heteroatoms. The van der Waals surface area contributed by atoms with E-state index in [2.05, 4.69) is 25.9 Å². The Hall–Kier alpha value is -0.590. The Morgan fingerprint density at radius 1 is 1.47 bits per heavy atom. The topological polar surface area (TPSA) is 39.5 Å². The van der Waals surface area contributed by atoms with E-state index in [1.165, 1.54) is 5.56 Å². The number of methoxy groups -OCH3 is 1. The van der Waals surface area contributed by atoms with Crippen LogP contribution in [0.2, 0.25) is 0 Å². The second-order valence-corrected chi connectivity index (χ2v) is 4.74. The van der Waals surface area contributed by atoms with Gasteiger partial charge in [0.2, 0.25) is 0 Å². The molecule has 5 nitrogen and oxygen atoms in total. The Bertz CT molecular complexity index is 364. The summed E-state index contributed by atoms with van der Waals surface area (Å²) in [7, 11) is 3.63. The van der Waals surface area contributed by atoms with Crippen LogP contribution in [0, 0.1) is 0 Å². The van der Waals surface area contributed by atoms with Crippen molar-refractivity contribution in [1.82, 2.24) is 9.78 Å². The third-order valence-corrected chi connectivity index (χ3v) is 3.42. The number of hydrogen-bond acceptors (Lipinski definition) is 4. The number of aromatic nitrogens is 2. The van der Waals surface area contributed by atoms with Crippen LogP contribution < -0.4 is 4.90 Å². The summed E-state index contributed by atoms with van der Waals surface area (Å²) in [6.45, 7) is 3.16. The summed E-state index contributed by atoms with van der Waals surface area (Å²) < 4.78 is 12.4. The lowest BCUT2D eigenvalue weighted by atomic mass is 10.1. The molecule has 1 fully saturated rings. The molecule has 1 aliphatic heterocycles. The van der Waals surface area contributed by atoms with Gasteiger partial charge >= 0.3 is 0 Å². The molecule has 0 atom stereocenters. The molecule has 0 saturated carbocycles. The van der Waals surface area contributed by atoms with Crippen molar-refractivity contribution < 1.29 is 9.47 Å². The molecule has 0 N–H and O–H groups in total. The largest absolute Gasteiger partial charge is 0.382 e. The van der Waals surface area contributed by atoms with E-state index >= 15 is 0 Å². The van der Waals surface area contributed by atoms with E-state index in [0.717, 1.165) is 24.2 Å². The first-order chi connectivity index (χ1) is 8.24. The lowest BCUT2D eigenvalue weighted by molar-refractivity contribution is 0.00370. The average Bonchev–Trinajstić information content (AvgIpc) is 2.62. The maximum absolute atomic E-state index is 5.64. The molecular formula is C11H18BrN3O2. The monoisotopic (exact) mass is 303 g/mol. The maximum atomic E-state index is 5.64. The Balaban J connectivity index is 1.82. The number of alkyl halides is 1. The van der Waals surface area contributed by atoms with Gasteiger partial charge in [-0.05, 0) is 0 Å². The number of halogens is 1. The van der Waals surface area contributed by atoms with Crippen LogP contribution in [0.1, 0.15) is 5.56 Å². The van der Waals surface area contributed by atoms with Crippen molar-refractivity contribution in [3.8, 4) is 0 Å². The first kappa shape index (κ1) is 12.9. The van der Waals surface area contributed by atoms with E-state index in [4.69, 9.17) is 9.47 Å². The number of anilines is 1. The lowest BCUT2D eigenvalue weighted by Gasteiger charge is -2.39. The van der Waals surface area contributed by atoms with E-state index < -0.39 is 0 Å². The van der Waals surface area contributed by atoms with Crippen molar-refractivity contribution in [1.29, 1.82) is 0 Å². The fourth-order valence-corrected chi connectivity index (χ4v) is 2.30. The van der Waals surface area contributed by atoms with Gasteiger partial charge in [0.1, 0.15) is 0 Å². The molecule has 96 valence electrons. The third kappa shape index (κ3) is 3.00. The van der Waals surface area contributed by atoms with Gasteiger partial charge in [-0.25, -0.2) is 0 Å². The van der Waals surface area contributed by atoms with Crippen LogP contribution in [0.25, 0.3) is 0 Å². The Morgan fingerprint density at radius 2 is 2.24 bits per heavy atom. The number of rotatable bonds is 6. The quantitative estimate of drug-likeness (QED) is 0.584. The fraction of sp³-hybridized carbons (Fsp3) is 0.727. The molecule has 2 heterocycles. The first-order valence-electron chi connectivity index (χ1n) is 5.68. The van der Waals surface area contributed by atoms with E-state index in [1.807, 2.05) is 17.9 Å². The SMILES string of the molecule is COCCOC1CN(c2nn(C)cc2CBr)C1. The smallest absolute Gasteiger partial charge is 0.154 e. The summed E-state index contributed by atoms with van der Waals surface area (Å²) in [5.41, 5.74) is 1.22. The van der Waals surface area contributed by atoms with Crippen molar-refractivity contribution in [2.24, 2.45) is 7.05 Å². The highest BCUT2D eigenvalue weighted by atomic mass is 79.9. The summed E-state index contributed by atoms with van der Waals surface area (Å²) in [6.07, 6.45) is 2.36. The molecule has 0 spiro atoms. The zero-order valence-electron chi connectivity index (χ0n) is 10.2. The predicted octanol–water partition coefficient (Wildman–Crippen LogP) is 1.17. The minimum atomic E-state index is 0.315.